The summed E-state index contributed by atoms with van der Waals surface area (Å²) >= 11 is 7.02. The van der Waals surface area contributed by atoms with Crippen LogP contribution in [0.4, 0.5) is 0 Å². The lowest BCUT2D eigenvalue weighted by atomic mass is 10.1. The summed E-state index contributed by atoms with van der Waals surface area (Å²) in [7, 11) is 0. The topological polar surface area (TPSA) is 35.5 Å². The smallest absolute Gasteiger partial charge is 0.309 e. The third-order valence-corrected chi connectivity index (χ3v) is 4.92. The second kappa shape index (κ2) is 7.57. The van der Waals surface area contributed by atoms with Crippen molar-refractivity contribution in [3.8, 4) is 0 Å². The first-order valence-electron chi connectivity index (χ1n) is 6.77. The summed E-state index contributed by atoms with van der Waals surface area (Å²) in [5, 5.41) is 0. The predicted molar refractivity (Wildman–Crippen MR) is 84.8 cm³/mol. The molecule has 0 heterocycles. The first-order valence-corrected chi connectivity index (χ1v) is 8.47. The summed E-state index contributed by atoms with van der Waals surface area (Å²) in [6.07, 6.45) is 1.57. The minimum atomic E-state index is -0.105. The maximum absolute atomic E-state index is 11.7. The Labute approximate surface area is 136 Å². The molecule has 0 aromatic heterocycles. The zero-order chi connectivity index (χ0) is 14.5. The van der Waals surface area contributed by atoms with E-state index in [0.29, 0.717) is 13.2 Å². The van der Waals surface area contributed by atoms with Crippen molar-refractivity contribution in [3.05, 3.63) is 34.3 Å². The fraction of sp³-hybridized carbons (Fsp3) is 0.533. The maximum Gasteiger partial charge on any atom is 0.309 e. The van der Waals surface area contributed by atoms with Crippen LogP contribution in [0.3, 0.4) is 0 Å². The van der Waals surface area contributed by atoms with E-state index in [9.17, 15) is 4.79 Å². The summed E-state index contributed by atoms with van der Waals surface area (Å²) in [5.41, 5.74) is 1.13. The van der Waals surface area contributed by atoms with E-state index in [4.69, 9.17) is 9.47 Å². The van der Waals surface area contributed by atoms with Crippen LogP contribution in [-0.4, -0.2) is 23.5 Å². The fourth-order valence-electron chi connectivity index (χ4n) is 2.36. The van der Waals surface area contributed by atoms with E-state index in [1.165, 1.54) is 0 Å². The lowest BCUT2D eigenvalue weighted by Crippen LogP contribution is -2.18. The number of hydrogen-bond acceptors (Lipinski definition) is 3. The highest BCUT2D eigenvalue weighted by Gasteiger charge is 2.37. The van der Waals surface area contributed by atoms with Crippen LogP contribution in [0.15, 0.2) is 28.7 Å². The molecular formula is C15H18Br2O3. The Morgan fingerprint density at radius 1 is 1.30 bits per heavy atom. The summed E-state index contributed by atoms with van der Waals surface area (Å²) < 4.78 is 12.1. The van der Waals surface area contributed by atoms with Crippen molar-refractivity contribution in [1.82, 2.24) is 0 Å². The molecule has 1 aliphatic rings. The molecule has 0 radical (unpaired) electrons. The molecule has 1 aliphatic carbocycles. The first kappa shape index (κ1) is 16.0. The number of ether oxygens (including phenoxy) is 2. The Morgan fingerprint density at radius 2 is 2.00 bits per heavy atom. The van der Waals surface area contributed by atoms with Crippen LogP contribution < -0.4 is 0 Å². The van der Waals surface area contributed by atoms with Gasteiger partial charge in [-0.2, -0.15) is 0 Å². The lowest BCUT2D eigenvalue weighted by Gasteiger charge is -2.15. The summed E-state index contributed by atoms with van der Waals surface area (Å²) in [6, 6.07) is 8.07. The summed E-state index contributed by atoms with van der Waals surface area (Å²) in [5.74, 6) is -0.152. The van der Waals surface area contributed by atoms with E-state index >= 15 is 0 Å². The van der Waals surface area contributed by atoms with Crippen LogP contribution >= 0.6 is 31.9 Å². The SMILES string of the molecule is CCOC(=O)C1CC(Br)C(OCc2ccc(Br)cc2)C1. The average molecular weight is 406 g/mol. The maximum atomic E-state index is 11.7. The molecule has 0 aliphatic heterocycles. The zero-order valence-corrected chi connectivity index (χ0v) is 14.5. The predicted octanol–water partition coefficient (Wildman–Crippen LogP) is 4.07. The number of rotatable bonds is 5. The molecule has 3 unspecified atom stereocenters. The van der Waals surface area contributed by atoms with E-state index in [1.54, 1.807) is 0 Å². The van der Waals surface area contributed by atoms with Gasteiger partial charge in [0.15, 0.2) is 0 Å². The number of carbonyl (C=O) groups is 1. The van der Waals surface area contributed by atoms with Gasteiger partial charge in [-0.05, 0) is 37.5 Å². The van der Waals surface area contributed by atoms with Crippen molar-refractivity contribution in [2.75, 3.05) is 6.61 Å². The standard InChI is InChI=1S/C15H18Br2O3/c1-2-19-15(18)11-7-13(17)14(8-11)20-9-10-3-5-12(16)6-4-10/h3-6,11,13-14H,2,7-9H2,1H3. The molecule has 1 fully saturated rings. The summed E-state index contributed by atoms with van der Waals surface area (Å²) in [6.45, 7) is 2.84. The van der Waals surface area contributed by atoms with Crippen molar-refractivity contribution in [1.29, 1.82) is 0 Å². The molecule has 0 saturated heterocycles. The molecule has 0 amide bonds. The van der Waals surface area contributed by atoms with Gasteiger partial charge in [0.05, 0.1) is 25.2 Å². The van der Waals surface area contributed by atoms with Crippen molar-refractivity contribution < 1.29 is 14.3 Å². The largest absolute Gasteiger partial charge is 0.466 e. The Morgan fingerprint density at radius 3 is 2.65 bits per heavy atom. The van der Waals surface area contributed by atoms with Crippen molar-refractivity contribution >= 4 is 37.8 Å². The second-order valence-corrected chi connectivity index (χ2v) is 7.00. The Balaban J connectivity index is 1.84. The van der Waals surface area contributed by atoms with Crippen LogP contribution in [0.2, 0.25) is 0 Å². The monoisotopic (exact) mass is 404 g/mol. The Hall–Kier alpha value is -0.390. The molecule has 5 heteroatoms. The van der Waals surface area contributed by atoms with Gasteiger partial charge in [-0.15, -0.1) is 0 Å². The van der Waals surface area contributed by atoms with Crippen molar-refractivity contribution in [3.63, 3.8) is 0 Å². The summed E-state index contributed by atoms with van der Waals surface area (Å²) in [4.78, 5) is 12.0. The minimum Gasteiger partial charge on any atom is -0.466 e. The van der Waals surface area contributed by atoms with Gasteiger partial charge in [0.2, 0.25) is 0 Å². The molecule has 0 bridgehead atoms. The van der Waals surface area contributed by atoms with Gasteiger partial charge in [-0.3, -0.25) is 4.79 Å². The van der Waals surface area contributed by atoms with E-state index in [0.717, 1.165) is 22.9 Å². The van der Waals surface area contributed by atoms with Crippen LogP contribution in [0.1, 0.15) is 25.3 Å². The van der Waals surface area contributed by atoms with Crippen LogP contribution in [0, 0.1) is 5.92 Å². The van der Waals surface area contributed by atoms with Gasteiger partial charge in [-0.1, -0.05) is 44.0 Å². The van der Waals surface area contributed by atoms with Gasteiger partial charge < -0.3 is 9.47 Å². The molecule has 2 rings (SSSR count). The average Bonchev–Trinajstić information content (AvgIpc) is 2.80. The van der Waals surface area contributed by atoms with E-state index in [2.05, 4.69) is 31.9 Å². The normalized spacial score (nSPS) is 25.6. The number of benzene rings is 1. The highest BCUT2D eigenvalue weighted by atomic mass is 79.9. The van der Waals surface area contributed by atoms with Crippen LogP contribution in [-0.2, 0) is 20.9 Å². The molecule has 3 nitrogen and oxygen atoms in total. The number of hydrogen-bond donors (Lipinski definition) is 0. The van der Waals surface area contributed by atoms with Crippen molar-refractivity contribution in [2.45, 2.75) is 37.3 Å². The number of carbonyl (C=O) groups excluding carboxylic acids is 1. The van der Waals surface area contributed by atoms with Gasteiger partial charge in [-0.25, -0.2) is 0 Å². The van der Waals surface area contributed by atoms with Gasteiger partial charge in [0.25, 0.3) is 0 Å². The highest BCUT2D eigenvalue weighted by Crippen LogP contribution is 2.34. The van der Waals surface area contributed by atoms with Crippen molar-refractivity contribution in [2.24, 2.45) is 5.92 Å². The van der Waals surface area contributed by atoms with Crippen LogP contribution in [0.25, 0.3) is 0 Å². The molecule has 0 spiro atoms. The highest BCUT2D eigenvalue weighted by molar-refractivity contribution is 9.10. The number of halogens is 2. The van der Waals surface area contributed by atoms with Crippen LogP contribution in [0.5, 0.6) is 0 Å². The fourth-order valence-corrected chi connectivity index (χ4v) is 3.44. The zero-order valence-electron chi connectivity index (χ0n) is 11.4. The van der Waals surface area contributed by atoms with E-state index < -0.39 is 0 Å². The van der Waals surface area contributed by atoms with E-state index in [1.807, 2.05) is 31.2 Å². The lowest BCUT2D eigenvalue weighted by molar-refractivity contribution is -0.148. The first-order chi connectivity index (χ1) is 9.60. The molecule has 110 valence electrons. The van der Waals surface area contributed by atoms with Gasteiger partial charge >= 0.3 is 5.97 Å². The minimum absolute atomic E-state index is 0.0470. The molecule has 1 aromatic carbocycles. The number of esters is 1. The molecule has 20 heavy (non-hydrogen) atoms. The Kier molecular flexibility index (Phi) is 6.05. The molecular weight excluding hydrogens is 388 g/mol. The van der Waals surface area contributed by atoms with Gasteiger partial charge in [0, 0.05) is 9.30 Å². The Bertz CT molecular complexity index is 447. The molecule has 3 atom stereocenters. The van der Waals surface area contributed by atoms with Gasteiger partial charge in [0.1, 0.15) is 0 Å². The number of alkyl halides is 1. The third kappa shape index (κ3) is 4.30. The second-order valence-electron chi connectivity index (χ2n) is 4.91. The molecule has 0 N–H and O–H groups in total. The molecule has 1 aromatic rings. The quantitative estimate of drug-likeness (QED) is 0.547. The third-order valence-electron chi connectivity index (χ3n) is 3.43. The van der Waals surface area contributed by atoms with E-state index in [-0.39, 0.29) is 22.8 Å². The molecule has 1 saturated carbocycles.